The van der Waals surface area contributed by atoms with Crippen LogP contribution in [0.2, 0.25) is 5.02 Å². The van der Waals surface area contributed by atoms with Crippen LogP contribution in [0.4, 0.5) is 21.9 Å². The van der Waals surface area contributed by atoms with Crippen LogP contribution in [0.1, 0.15) is 46.8 Å². The third-order valence-corrected chi connectivity index (χ3v) is 8.55. The van der Waals surface area contributed by atoms with Gasteiger partial charge < -0.3 is 29.0 Å². The number of fused-ring (bicyclic) bond motifs is 1. The van der Waals surface area contributed by atoms with E-state index in [4.69, 9.17) is 35.3 Å². The van der Waals surface area contributed by atoms with Gasteiger partial charge in [0.05, 0.1) is 44.0 Å². The van der Waals surface area contributed by atoms with E-state index in [0.717, 1.165) is 11.1 Å². The van der Waals surface area contributed by atoms with Crippen LogP contribution >= 0.6 is 11.6 Å². The van der Waals surface area contributed by atoms with Gasteiger partial charge in [-0.25, -0.2) is 9.59 Å². The Labute approximate surface area is 290 Å². The number of urea groups is 1. The predicted molar refractivity (Wildman–Crippen MR) is 188 cm³/mol. The molecule has 10 nitrogen and oxygen atoms in total. The molecule has 0 radical (unpaired) electrons. The molecule has 11 heteroatoms. The van der Waals surface area contributed by atoms with Crippen molar-refractivity contribution in [1.29, 1.82) is 0 Å². The van der Waals surface area contributed by atoms with E-state index < -0.39 is 18.0 Å². The number of esters is 2. The van der Waals surface area contributed by atoms with Crippen LogP contribution in [0, 0.1) is 6.92 Å². The molecule has 4 aromatic carbocycles. The summed E-state index contributed by atoms with van der Waals surface area (Å²) >= 11 is 6.38. The van der Waals surface area contributed by atoms with Crippen molar-refractivity contribution < 1.29 is 38.1 Å². The lowest BCUT2D eigenvalue weighted by Crippen LogP contribution is -2.32. The number of carbonyl (C=O) groups excluding carboxylic acids is 3. The number of cyclic esters (lactones) is 1. The van der Waals surface area contributed by atoms with E-state index >= 15 is 0 Å². The molecule has 1 N–H and O–H groups in total. The normalized spacial score (nSPS) is 12.1. The number of rotatable bonds is 12. The number of allylic oxidation sites excluding steroid dienone is 2. The first-order valence-electron chi connectivity index (χ1n) is 15.6. The SMILES string of the molecule is COc1ccc(OC(=O)CC/C(C)=C/Cc2c(NC(=O)N(c3ccccc3)c3ccccc3)c3c(c(C)c2OC)COC3=O)c(Cl)c1OC. The Hall–Kier alpha value is -5.48. The molecule has 0 fully saturated rings. The molecule has 254 valence electrons. The first kappa shape index (κ1) is 34.8. The molecule has 0 saturated carbocycles. The molecule has 0 saturated heterocycles. The zero-order valence-electron chi connectivity index (χ0n) is 27.9. The Balaban J connectivity index is 1.42. The van der Waals surface area contributed by atoms with E-state index in [9.17, 15) is 14.4 Å². The molecule has 0 bridgehead atoms. The number of benzene rings is 4. The van der Waals surface area contributed by atoms with Gasteiger partial charge in [-0.05, 0) is 68.7 Å². The fraction of sp³-hybridized carbons (Fsp3) is 0.237. The number of hydrogen-bond acceptors (Lipinski definition) is 8. The highest BCUT2D eigenvalue weighted by Crippen LogP contribution is 2.43. The summed E-state index contributed by atoms with van der Waals surface area (Å²) in [5.41, 5.74) is 4.78. The van der Waals surface area contributed by atoms with Crippen LogP contribution in [0.3, 0.4) is 0 Å². The number of halogens is 1. The van der Waals surface area contributed by atoms with Crippen molar-refractivity contribution in [3.63, 3.8) is 0 Å². The van der Waals surface area contributed by atoms with Gasteiger partial charge in [0.25, 0.3) is 0 Å². The number of anilines is 3. The molecule has 2 amide bonds. The summed E-state index contributed by atoms with van der Waals surface area (Å²) in [6.07, 6.45) is 2.68. The van der Waals surface area contributed by atoms with E-state index in [0.29, 0.717) is 58.1 Å². The maximum absolute atomic E-state index is 14.2. The summed E-state index contributed by atoms with van der Waals surface area (Å²) in [6, 6.07) is 21.1. The van der Waals surface area contributed by atoms with E-state index in [-0.39, 0.29) is 29.5 Å². The van der Waals surface area contributed by atoms with Crippen LogP contribution < -0.4 is 29.2 Å². The molecule has 49 heavy (non-hydrogen) atoms. The Morgan fingerprint density at radius 2 is 1.49 bits per heavy atom. The van der Waals surface area contributed by atoms with Crippen molar-refractivity contribution in [2.45, 2.75) is 39.7 Å². The standard InChI is InChI=1S/C38H37ClN2O8/c1-23(17-21-31(42)49-29-19-20-30(45-3)36(47-5)33(29)39)16-18-27-34(32-28(22-48-37(32)43)24(2)35(27)46-4)40-38(44)41(25-12-8-6-9-13-25)26-14-10-7-11-15-26/h6-16,19-20H,17-18,21-22H2,1-5H3,(H,40,44)/b23-16+. The zero-order chi connectivity index (χ0) is 35.1. The van der Waals surface area contributed by atoms with Gasteiger partial charge in [-0.2, -0.15) is 0 Å². The lowest BCUT2D eigenvalue weighted by Gasteiger charge is -2.26. The lowest BCUT2D eigenvalue weighted by molar-refractivity contribution is -0.134. The van der Waals surface area contributed by atoms with Crippen molar-refractivity contribution in [2.24, 2.45) is 0 Å². The summed E-state index contributed by atoms with van der Waals surface area (Å²) in [6.45, 7) is 3.82. The number of nitrogens with zero attached hydrogens (tertiary/aromatic N) is 1. The summed E-state index contributed by atoms with van der Waals surface area (Å²) in [4.78, 5) is 41.6. The summed E-state index contributed by atoms with van der Waals surface area (Å²) < 4.78 is 27.3. The highest BCUT2D eigenvalue weighted by atomic mass is 35.5. The van der Waals surface area contributed by atoms with Crippen molar-refractivity contribution in [2.75, 3.05) is 31.5 Å². The second-order valence-corrected chi connectivity index (χ2v) is 11.6. The molecule has 0 atom stereocenters. The van der Waals surface area contributed by atoms with Gasteiger partial charge in [0.15, 0.2) is 17.2 Å². The zero-order valence-corrected chi connectivity index (χ0v) is 28.7. The summed E-state index contributed by atoms with van der Waals surface area (Å²) in [5, 5.41) is 3.17. The van der Waals surface area contributed by atoms with Crippen LogP contribution in [0.5, 0.6) is 23.0 Å². The second-order valence-electron chi connectivity index (χ2n) is 11.2. The van der Waals surface area contributed by atoms with Gasteiger partial charge in [0.2, 0.25) is 0 Å². The van der Waals surface area contributed by atoms with E-state index in [2.05, 4.69) is 5.32 Å². The summed E-state index contributed by atoms with van der Waals surface area (Å²) in [7, 11) is 4.48. The van der Waals surface area contributed by atoms with Crippen LogP contribution in [0.25, 0.3) is 0 Å². The third-order valence-electron chi connectivity index (χ3n) is 8.19. The number of ether oxygens (including phenoxy) is 5. The summed E-state index contributed by atoms with van der Waals surface area (Å²) in [5.74, 6) is 0.374. The van der Waals surface area contributed by atoms with Crippen molar-refractivity contribution in [3.8, 4) is 23.0 Å². The molecule has 1 aliphatic heterocycles. The molecule has 0 unspecified atom stereocenters. The molecule has 0 aromatic heterocycles. The molecular formula is C38H37ClN2O8. The quantitative estimate of drug-likeness (QED) is 0.0897. The van der Waals surface area contributed by atoms with E-state index in [1.165, 1.54) is 14.2 Å². The number of amides is 2. The molecule has 1 heterocycles. The van der Waals surface area contributed by atoms with Crippen LogP contribution in [-0.4, -0.2) is 39.3 Å². The Kier molecular flexibility index (Phi) is 11.1. The van der Waals surface area contributed by atoms with Crippen molar-refractivity contribution >= 4 is 46.6 Å². The van der Waals surface area contributed by atoms with Crippen LogP contribution in [0.15, 0.2) is 84.4 Å². The lowest BCUT2D eigenvalue weighted by atomic mass is 9.93. The number of methoxy groups -OCH3 is 3. The first-order valence-corrected chi connectivity index (χ1v) is 15.9. The minimum Gasteiger partial charge on any atom is -0.496 e. The number of hydrogen-bond donors (Lipinski definition) is 1. The molecular weight excluding hydrogens is 648 g/mol. The van der Waals surface area contributed by atoms with E-state index in [1.54, 1.807) is 24.1 Å². The van der Waals surface area contributed by atoms with Gasteiger partial charge >= 0.3 is 18.0 Å². The third kappa shape index (κ3) is 7.49. The largest absolute Gasteiger partial charge is 0.496 e. The van der Waals surface area contributed by atoms with Crippen molar-refractivity contribution in [3.05, 3.63) is 112 Å². The highest BCUT2D eigenvalue weighted by molar-refractivity contribution is 6.34. The minimum atomic E-state index is -0.527. The number of nitrogens with one attached hydrogen (secondary N) is 1. The molecule has 0 spiro atoms. The average Bonchev–Trinajstić information content (AvgIpc) is 3.51. The Morgan fingerprint density at radius 1 is 0.878 bits per heavy atom. The van der Waals surface area contributed by atoms with Crippen LogP contribution in [-0.2, 0) is 22.6 Å². The molecule has 0 aliphatic carbocycles. The Bertz CT molecular complexity index is 1850. The fourth-order valence-corrected chi connectivity index (χ4v) is 5.96. The maximum atomic E-state index is 14.2. The predicted octanol–water partition coefficient (Wildman–Crippen LogP) is 8.59. The highest BCUT2D eigenvalue weighted by Gasteiger charge is 2.33. The van der Waals surface area contributed by atoms with Gasteiger partial charge in [-0.3, -0.25) is 9.69 Å². The maximum Gasteiger partial charge on any atom is 0.341 e. The second kappa shape index (κ2) is 15.6. The topological polar surface area (TPSA) is 113 Å². The minimum absolute atomic E-state index is 0.0711. The number of carbonyl (C=O) groups is 3. The average molecular weight is 685 g/mol. The molecule has 4 aromatic rings. The van der Waals surface area contributed by atoms with Gasteiger partial charge in [-0.15, -0.1) is 0 Å². The molecule has 5 rings (SSSR count). The van der Waals surface area contributed by atoms with Gasteiger partial charge in [0.1, 0.15) is 17.4 Å². The fourth-order valence-electron chi connectivity index (χ4n) is 5.69. The number of para-hydroxylation sites is 2. The van der Waals surface area contributed by atoms with Gasteiger partial charge in [0, 0.05) is 17.5 Å². The smallest absolute Gasteiger partial charge is 0.341 e. The molecule has 1 aliphatic rings. The first-order chi connectivity index (χ1) is 23.7. The van der Waals surface area contributed by atoms with Crippen molar-refractivity contribution in [1.82, 2.24) is 0 Å². The van der Waals surface area contributed by atoms with E-state index in [1.807, 2.05) is 80.6 Å². The van der Waals surface area contributed by atoms with Gasteiger partial charge in [-0.1, -0.05) is 59.6 Å². The monoisotopic (exact) mass is 684 g/mol. The Morgan fingerprint density at radius 3 is 2.08 bits per heavy atom.